The van der Waals surface area contributed by atoms with Crippen LogP contribution in [0.2, 0.25) is 0 Å². The molecular weight excluding hydrogens is 348 g/mol. The standard InChI is InChI=1S/C21H21F2N3O/c1-14-5-6-15(2)16(10-14)13-26-9-3-4-18(26)12-24-21(27)25-20-8-7-17(22)11-19(20)23/h3-11H,12-13H2,1-2H3,(H2,24,25,27). The molecule has 2 amide bonds. The van der Waals surface area contributed by atoms with Crippen molar-refractivity contribution in [2.24, 2.45) is 0 Å². The largest absolute Gasteiger partial charge is 0.345 e. The van der Waals surface area contributed by atoms with Crippen molar-refractivity contribution in [1.29, 1.82) is 0 Å². The Kier molecular flexibility index (Phi) is 5.54. The van der Waals surface area contributed by atoms with E-state index in [9.17, 15) is 13.6 Å². The summed E-state index contributed by atoms with van der Waals surface area (Å²) >= 11 is 0. The minimum Gasteiger partial charge on any atom is -0.345 e. The van der Waals surface area contributed by atoms with E-state index in [2.05, 4.69) is 47.2 Å². The van der Waals surface area contributed by atoms with Crippen LogP contribution in [0.15, 0.2) is 54.7 Å². The molecule has 0 fully saturated rings. The van der Waals surface area contributed by atoms with Gasteiger partial charge in [-0.1, -0.05) is 23.8 Å². The third-order valence-corrected chi connectivity index (χ3v) is 4.38. The average molecular weight is 369 g/mol. The first-order valence-electron chi connectivity index (χ1n) is 8.62. The van der Waals surface area contributed by atoms with Gasteiger partial charge in [0.25, 0.3) is 0 Å². The van der Waals surface area contributed by atoms with Crippen LogP contribution in [-0.4, -0.2) is 10.6 Å². The number of nitrogens with zero attached hydrogens (tertiary/aromatic N) is 1. The van der Waals surface area contributed by atoms with E-state index in [1.54, 1.807) is 0 Å². The van der Waals surface area contributed by atoms with Crippen molar-refractivity contribution >= 4 is 11.7 Å². The Hall–Kier alpha value is -3.15. The van der Waals surface area contributed by atoms with Crippen molar-refractivity contribution in [2.75, 3.05) is 5.32 Å². The molecule has 1 heterocycles. The van der Waals surface area contributed by atoms with Gasteiger partial charge < -0.3 is 15.2 Å². The van der Waals surface area contributed by atoms with Crippen LogP contribution in [0.5, 0.6) is 0 Å². The zero-order valence-corrected chi connectivity index (χ0v) is 15.2. The van der Waals surface area contributed by atoms with E-state index in [1.165, 1.54) is 22.8 Å². The van der Waals surface area contributed by atoms with Gasteiger partial charge in [-0.2, -0.15) is 0 Å². The fourth-order valence-electron chi connectivity index (χ4n) is 2.85. The van der Waals surface area contributed by atoms with Crippen LogP contribution >= 0.6 is 0 Å². The summed E-state index contributed by atoms with van der Waals surface area (Å²) in [5.41, 5.74) is 4.47. The Morgan fingerprint density at radius 2 is 1.89 bits per heavy atom. The van der Waals surface area contributed by atoms with Gasteiger partial charge in [0.2, 0.25) is 0 Å². The number of halogens is 2. The summed E-state index contributed by atoms with van der Waals surface area (Å²) in [7, 11) is 0. The Labute approximate surface area is 156 Å². The van der Waals surface area contributed by atoms with Crippen LogP contribution in [0.1, 0.15) is 22.4 Å². The van der Waals surface area contributed by atoms with E-state index in [4.69, 9.17) is 0 Å². The Balaban J connectivity index is 1.63. The normalized spacial score (nSPS) is 10.7. The molecule has 0 aliphatic heterocycles. The maximum absolute atomic E-state index is 13.6. The summed E-state index contributed by atoms with van der Waals surface area (Å²) in [4.78, 5) is 12.0. The molecule has 2 N–H and O–H groups in total. The highest BCUT2D eigenvalue weighted by molar-refractivity contribution is 5.89. The maximum Gasteiger partial charge on any atom is 0.319 e. The summed E-state index contributed by atoms with van der Waals surface area (Å²) in [6, 6.07) is 12.6. The van der Waals surface area contributed by atoms with E-state index < -0.39 is 17.7 Å². The molecule has 1 aromatic heterocycles. The zero-order valence-electron chi connectivity index (χ0n) is 15.2. The quantitative estimate of drug-likeness (QED) is 0.670. The second-order valence-corrected chi connectivity index (χ2v) is 6.49. The molecule has 0 radical (unpaired) electrons. The minimum absolute atomic E-state index is 0.0698. The number of nitrogens with one attached hydrogen (secondary N) is 2. The van der Waals surface area contributed by atoms with E-state index >= 15 is 0 Å². The van der Waals surface area contributed by atoms with Crippen molar-refractivity contribution in [1.82, 2.24) is 9.88 Å². The van der Waals surface area contributed by atoms with Gasteiger partial charge in [-0.3, -0.25) is 0 Å². The fraction of sp³-hybridized carbons (Fsp3) is 0.190. The lowest BCUT2D eigenvalue weighted by Gasteiger charge is -2.13. The number of benzene rings is 2. The average Bonchev–Trinajstić information content (AvgIpc) is 3.06. The minimum atomic E-state index is -0.816. The first kappa shape index (κ1) is 18.6. The Morgan fingerprint density at radius 3 is 2.67 bits per heavy atom. The predicted molar refractivity (Wildman–Crippen MR) is 102 cm³/mol. The van der Waals surface area contributed by atoms with Crippen molar-refractivity contribution in [3.05, 3.63) is 88.7 Å². The van der Waals surface area contributed by atoms with Crippen LogP contribution < -0.4 is 10.6 Å². The Morgan fingerprint density at radius 1 is 1.07 bits per heavy atom. The maximum atomic E-state index is 13.6. The highest BCUT2D eigenvalue weighted by Crippen LogP contribution is 2.16. The molecule has 3 rings (SSSR count). The number of anilines is 1. The third kappa shape index (κ3) is 4.73. The summed E-state index contributed by atoms with van der Waals surface area (Å²) in [5, 5.41) is 5.08. The van der Waals surface area contributed by atoms with Crippen molar-refractivity contribution in [2.45, 2.75) is 26.9 Å². The third-order valence-electron chi connectivity index (χ3n) is 4.38. The summed E-state index contributed by atoms with van der Waals surface area (Å²) in [6.07, 6.45) is 1.95. The van der Waals surface area contributed by atoms with E-state index in [0.717, 1.165) is 17.8 Å². The van der Waals surface area contributed by atoms with Crippen LogP contribution in [0.3, 0.4) is 0 Å². The second kappa shape index (κ2) is 8.03. The van der Waals surface area contributed by atoms with Crippen molar-refractivity contribution in [3.8, 4) is 0 Å². The first-order chi connectivity index (χ1) is 12.9. The van der Waals surface area contributed by atoms with Crippen LogP contribution in [0.4, 0.5) is 19.3 Å². The molecule has 0 aliphatic rings. The molecular formula is C21H21F2N3O. The number of aryl methyl sites for hydroxylation is 2. The molecule has 2 aromatic carbocycles. The zero-order chi connectivity index (χ0) is 19.4. The lowest BCUT2D eigenvalue weighted by Crippen LogP contribution is -2.29. The highest BCUT2D eigenvalue weighted by atomic mass is 19.1. The number of hydrogen-bond acceptors (Lipinski definition) is 1. The number of rotatable bonds is 5. The van der Waals surface area contributed by atoms with E-state index in [0.29, 0.717) is 6.54 Å². The molecule has 0 spiro atoms. The molecule has 0 aliphatic carbocycles. The summed E-state index contributed by atoms with van der Waals surface area (Å²) in [6.45, 7) is 5.11. The predicted octanol–water partition coefficient (Wildman–Crippen LogP) is 4.75. The van der Waals surface area contributed by atoms with Gasteiger partial charge in [-0.25, -0.2) is 13.6 Å². The number of urea groups is 1. The highest BCUT2D eigenvalue weighted by Gasteiger charge is 2.09. The van der Waals surface area contributed by atoms with Crippen LogP contribution in [-0.2, 0) is 13.1 Å². The molecule has 0 saturated heterocycles. The van der Waals surface area contributed by atoms with Crippen LogP contribution in [0, 0.1) is 25.5 Å². The SMILES string of the molecule is Cc1ccc(C)c(Cn2cccc2CNC(=O)Nc2ccc(F)cc2F)c1. The van der Waals surface area contributed by atoms with Crippen LogP contribution in [0.25, 0.3) is 0 Å². The molecule has 0 saturated carbocycles. The van der Waals surface area contributed by atoms with Gasteiger partial charge in [0.15, 0.2) is 0 Å². The Bertz CT molecular complexity index is 966. The molecule has 6 heteroatoms. The number of hydrogen-bond donors (Lipinski definition) is 2. The van der Waals surface area contributed by atoms with E-state index in [1.807, 2.05) is 18.3 Å². The van der Waals surface area contributed by atoms with Gasteiger partial charge in [0, 0.05) is 24.5 Å². The summed E-state index contributed by atoms with van der Waals surface area (Å²) < 4.78 is 28.6. The number of carbonyl (C=O) groups excluding carboxylic acids is 1. The van der Waals surface area contributed by atoms with Gasteiger partial charge in [-0.05, 0) is 49.2 Å². The molecule has 0 atom stereocenters. The van der Waals surface area contributed by atoms with Gasteiger partial charge in [0.1, 0.15) is 11.6 Å². The molecule has 27 heavy (non-hydrogen) atoms. The van der Waals surface area contributed by atoms with Gasteiger partial charge in [0.05, 0.1) is 12.2 Å². The van der Waals surface area contributed by atoms with E-state index in [-0.39, 0.29) is 12.2 Å². The summed E-state index contributed by atoms with van der Waals surface area (Å²) in [5.74, 6) is -1.51. The van der Waals surface area contributed by atoms with Crippen molar-refractivity contribution < 1.29 is 13.6 Å². The smallest absolute Gasteiger partial charge is 0.319 e. The topological polar surface area (TPSA) is 46.1 Å². The molecule has 0 unspecified atom stereocenters. The number of aromatic nitrogens is 1. The number of amides is 2. The number of carbonyl (C=O) groups is 1. The fourth-order valence-corrected chi connectivity index (χ4v) is 2.85. The monoisotopic (exact) mass is 369 g/mol. The first-order valence-corrected chi connectivity index (χ1v) is 8.62. The van der Waals surface area contributed by atoms with Gasteiger partial charge in [-0.15, -0.1) is 0 Å². The molecule has 3 aromatic rings. The lowest BCUT2D eigenvalue weighted by molar-refractivity contribution is 0.251. The lowest BCUT2D eigenvalue weighted by atomic mass is 10.1. The van der Waals surface area contributed by atoms with Gasteiger partial charge >= 0.3 is 6.03 Å². The van der Waals surface area contributed by atoms with Crippen molar-refractivity contribution in [3.63, 3.8) is 0 Å². The molecule has 140 valence electrons. The molecule has 0 bridgehead atoms. The second-order valence-electron chi connectivity index (χ2n) is 6.49. The molecule has 4 nitrogen and oxygen atoms in total.